The lowest BCUT2D eigenvalue weighted by molar-refractivity contribution is 0.112. The lowest BCUT2D eigenvalue weighted by Crippen LogP contribution is -2.27. The molecule has 0 bridgehead atoms. The summed E-state index contributed by atoms with van der Waals surface area (Å²) in [5.41, 5.74) is 1.02. The molecule has 1 aliphatic rings. The van der Waals surface area contributed by atoms with Gasteiger partial charge in [0.15, 0.2) is 6.29 Å². The van der Waals surface area contributed by atoms with E-state index < -0.39 is 0 Å². The van der Waals surface area contributed by atoms with Crippen molar-refractivity contribution < 1.29 is 4.79 Å². The molecule has 2 heterocycles. The second-order valence-electron chi connectivity index (χ2n) is 5.83. The fourth-order valence-electron chi connectivity index (χ4n) is 2.43. The molecular formula is C14H20N2O. The number of hydrogen-bond donors (Lipinski definition) is 0. The number of aldehydes is 1. The second kappa shape index (κ2) is 4.47. The van der Waals surface area contributed by atoms with Gasteiger partial charge >= 0.3 is 0 Å². The van der Waals surface area contributed by atoms with E-state index in [1.54, 1.807) is 6.20 Å². The minimum absolute atomic E-state index is 0.324. The van der Waals surface area contributed by atoms with Crippen molar-refractivity contribution in [1.82, 2.24) is 4.98 Å². The van der Waals surface area contributed by atoms with Gasteiger partial charge in [-0.15, -0.1) is 0 Å². The van der Waals surface area contributed by atoms with Crippen molar-refractivity contribution >= 4 is 12.1 Å². The van der Waals surface area contributed by atoms with E-state index in [0.717, 1.165) is 25.2 Å². The Morgan fingerprint density at radius 1 is 1.47 bits per heavy atom. The fourth-order valence-corrected chi connectivity index (χ4v) is 2.43. The third-order valence-electron chi connectivity index (χ3n) is 3.66. The highest BCUT2D eigenvalue weighted by Gasteiger charge is 2.32. The number of aromatic nitrogens is 1. The Balaban J connectivity index is 2.18. The molecule has 1 unspecified atom stereocenters. The van der Waals surface area contributed by atoms with E-state index in [9.17, 15) is 4.79 Å². The highest BCUT2D eigenvalue weighted by Crippen LogP contribution is 2.35. The van der Waals surface area contributed by atoms with Crippen LogP contribution >= 0.6 is 0 Å². The minimum Gasteiger partial charge on any atom is -0.356 e. The van der Waals surface area contributed by atoms with E-state index >= 15 is 0 Å². The van der Waals surface area contributed by atoms with Gasteiger partial charge in [0.25, 0.3) is 0 Å². The van der Waals surface area contributed by atoms with Gasteiger partial charge in [0.1, 0.15) is 5.82 Å². The first-order chi connectivity index (χ1) is 8.02. The van der Waals surface area contributed by atoms with Crippen molar-refractivity contribution in [3.63, 3.8) is 0 Å². The van der Waals surface area contributed by atoms with Crippen LogP contribution in [0.3, 0.4) is 0 Å². The molecule has 17 heavy (non-hydrogen) atoms. The maximum absolute atomic E-state index is 11.0. The average Bonchev–Trinajstić information content (AvgIpc) is 2.77. The topological polar surface area (TPSA) is 33.2 Å². The molecule has 0 aromatic carbocycles. The Labute approximate surface area is 103 Å². The highest BCUT2D eigenvalue weighted by molar-refractivity contribution is 5.82. The molecule has 0 amide bonds. The number of carbonyl (C=O) groups is 1. The number of anilines is 1. The van der Waals surface area contributed by atoms with Crippen LogP contribution in [0.25, 0.3) is 0 Å². The molecule has 2 rings (SSSR count). The van der Waals surface area contributed by atoms with Crippen LogP contribution in [-0.4, -0.2) is 24.4 Å². The molecule has 0 radical (unpaired) electrons. The summed E-state index contributed by atoms with van der Waals surface area (Å²) in [6.07, 6.45) is 3.83. The van der Waals surface area contributed by atoms with Crippen LogP contribution in [-0.2, 0) is 0 Å². The molecular weight excluding hydrogens is 212 g/mol. The first-order valence-electron chi connectivity index (χ1n) is 6.17. The third-order valence-corrected chi connectivity index (χ3v) is 3.66. The van der Waals surface area contributed by atoms with Crippen LogP contribution < -0.4 is 4.90 Å². The van der Waals surface area contributed by atoms with Gasteiger partial charge in [-0.25, -0.2) is 4.98 Å². The van der Waals surface area contributed by atoms with Gasteiger partial charge in [0.05, 0.1) is 5.56 Å². The number of rotatable bonds is 2. The summed E-state index contributed by atoms with van der Waals surface area (Å²) in [7, 11) is 0. The van der Waals surface area contributed by atoms with Crippen molar-refractivity contribution in [2.24, 2.45) is 11.3 Å². The molecule has 1 aromatic heterocycles. The van der Waals surface area contributed by atoms with Gasteiger partial charge in [-0.05, 0) is 29.9 Å². The molecule has 1 aliphatic heterocycles. The zero-order chi connectivity index (χ0) is 12.5. The van der Waals surface area contributed by atoms with Crippen LogP contribution in [0.2, 0.25) is 0 Å². The van der Waals surface area contributed by atoms with Gasteiger partial charge in [0, 0.05) is 19.3 Å². The van der Waals surface area contributed by atoms with Gasteiger partial charge in [-0.3, -0.25) is 4.79 Å². The van der Waals surface area contributed by atoms with Crippen LogP contribution in [0.1, 0.15) is 37.6 Å². The maximum atomic E-state index is 11.0. The van der Waals surface area contributed by atoms with E-state index in [0.29, 0.717) is 16.9 Å². The first kappa shape index (κ1) is 12.1. The maximum Gasteiger partial charge on any atom is 0.153 e. The largest absolute Gasteiger partial charge is 0.356 e. The summed E-state index contributed by atoms with van der Waals surface area (Å²) in [5.74, 6) is 1.51. The molecule has 3 heteroatoms. The summed E-state index contributed by atoms with van der Waals surface area (Å²) in [6, 6.07) is 3.64. The second-order valence-corrected chi connectivity index (χ2v) is 5.83. The molecule has 1 saturated heterocycles. The molecule has 0 spiro atoms. The van der Waals surface area contributed by atoms with Crippen molar-refractivity contribution in [2.75, 3.05) is 18.0 Å². The van der Waals surface area contributed by atoms with Gasteiger partial charge in [-0.2, -0.15) is 0 Å². The molecule has 1 atom stereocenters. The van der Waals surface area contributed by atoms with Crippen molar-refractivity contribution in [2.45, 2.75) is 27.2 Å². The molecule has 1 aromatic rings. The molecule has 0 N–H and O–H groups in total. The normalized spacial score (nSPS) is 20.6. The van der Waals surface area contributed by atoms with E-state index in [1.807, 2.05) is 12.1 Å². The predicted molar refractivity (Wildman–Crippen MR) is 69.4 cm³/mol. The quantitative estimate of drug-likeness (QED) is 0.735. The summed E-state index contributed by atoms with van der Waals surface area (Å²) in [4.78, 5) is 17.6. The Hall–Kier alpha value is -1.38. The summed E-state index contributed by atoms with van der Waals surface area (Å²) < 4.78 is 0. The lowest BCUT2D eigenvalue weighted by atomic mass is 9.80. The Bertz CT molecular complexity index is 409. The molecule has 92 valence electrons. The summed E-state index contributed by atoms with van der Waals surface area (Å²) in [5, 5.41) is 0. The lowest BCUT2D eigenvalue weighted by Gasteiger charge is -2.27. The predicted octanol–water partition coefficient (Wildman–Crippen LogP) is 2.77. The summed E-state index contributed by atoms with van der Waals surface area (Å²) >= 11 is 0. The van der Waals surface area contributed by atoms with Crippen molar-refractivity contribution in [3.05, 3.63) is 23.9 Å². The number of nitrogens with zero attached hydrogens (tertiary/aromatic N) is 2. The number of hydrogen-bond acceptors (Lipinski definition) is 3. The van der Waals surface area contributed by atoms with Gasteiger partial charge in [-0.1, -0.05) is 20.8 Å². The number of pyridine rings is 1. The monoisotopic (exact) mass is 232 g/mol. The molecule has 1 fully saturated rings. The zero-order valence-corrected chi connectivity index (χ0v) is 10.8. The molecule has 0 saturated carbocycles. The smallest absolute Gasteiger partial charge is 0.153 e. The van der Waals surface area contributed by atoms with Crippen molar-refractivity contribution in [1.29, 1.82) is 0 Å². The minimum atomic E-state index is 0.324. The van der Waals surface area contributed by atoms with Gasteiger partial charge in [0.2, 0.25) is 0 Å². The third kappa shape index (κ3) is 2.48. The van der Waals surface area contributed by atoms with Gasteiger partial charge < -0.3 is 4.90 Å². The molecule has 0 aliphatic carbocycles. The van der Waals surface area contributed by atoms with Crippen LogP contribution in [0.5, 0.6) is 0 Å². The Morgan fingerprint density at radius 3 is 2.82 bits per heavy atom. The SMILES string of the molecule is CC(C)(C)C1CCN(c2ncccc2C=O)C1. The first-order valence-corrected chi connectivity index (χ1v) is 6.17. The van der Waals surface area contributed by atoms with E-state index in [-0.39, 0.29) is 0 Å². The highest BCUT2D eigenvalue weighted by atomic mass is 16.1. The molecule has 3 nitrogen and oxygen atoms in total. The van der Waals surface area contributed by atoms with E-state index in [2.05, 4.69) is 30.7 Å². The van der Waals surface area contributed by atoms with Crippen LogP contribution in [0, 0.1) is 11.3 Å². The van der Waals surface area contributed by atoms with E-state index in [1.165, 1.54) is 6.42 Å². The summed E-state index contributed by atoms with van der Waals surface area (Å²) in [6.45, 7) is 8.84. The Kier molecular flexibility index (Phi) is 3.18. The average molecular weight is 232 g/mol. The standard InChI is InChI=1S/C14H20N2O/c1-14(2,3)12-6-8-16(9-12)13-11(10-17)5-4-7-15-13/h4-5,7,10,12H,6,8-9H2,1-3H3. The van der Waals surface area contributed by atoms with Crippen LogP contribution in [0.15, 0.2) is 18.3 Å². The Morgan fingerprint density at radius 2 is 2.24 bits per heavy atom. The number of carbonyl (C=O) groups excluding carboxylic acids is 1. The fraction of sp³-hybridized carbons (Fsp3) is 0.571. The van der Waals surface area contributed by atoms with Crippen molar-refractivity contribution in [3.8, 4) is 0 Å². The van der Waals surface area contributed by atoms with E-state index in [4.69, 9.17) is 0 Å². The van der Waals surface area contributed by atoms with Crippen LogP contribution in [0.4, 0.5) is 5.82 Å². The zero-order valence-electron chi connectivity index (χ0n) is 10.8.